The van der Waals surface area contributed by atoms with Crippen molar-refractivity contribution in [2.75, 3.05) is 0 Å². The van der Waals surface area contributed by atoms with Crippen LogP contribution in [-0.2, 0) is 0 Å². The van der Waals surface area contributed by atoms with Crippen LogP contribution in [0.3, 0.4) is 0 Å². The molecule has 0 aromatic heterocycles. The van der Waals surface area contributed by atoms with Crippen LogP contribution < -0.4 is 5.73 Å². The van der Waals surface area contributed by atoms with E-state index >= 15 is 0 Å². The zero-order chi connectivity index (χ0) is 22.4. The lowest BCUT2D eigenvalue weighted by atomic mass is 9.72. The summed E-state index contributed by atoms with van der Waals surface area (Å²) in [7, 11) is 0. The lowest BCUT2D eigenvalue weighted by Crippen LogP contribution is -2.44. The molecule has 0 radical (unpaired) electrons. The van der Waals surface area contributed by atoms with Crippen molar-refractivity contribution in [2.24, 2.45) is 5.73 Å². The number of hydrogen-bond donors (Lipinski definition) is 1. The monoisotopic (exact) mass is 459 g/mol. The molecule has 2 N–H and O–H groups in total. The van der Waals surface area contributed by atoms with Crippen LogP contribution in [0, 0.1) is 0 Å². The van der Waals surface area contributed by atoms with E-state index in [1.54, 1.807) is 0 Å². The summed E-state index contributed by atoms with van der Waals surface area (Å²) in [4.78, 5) is 0. The van der Waals surface area contributed by atoms with Gasteiger partial charge in [-0.2, -0.15) is 0 Å². The molecule has 0 bridgehead atoms. The van der Waals surface area contributed by atoms with Crippen LogP contribution in [0.25, 0.3) is 10.8 Å². The summed E-state index contributed by atoms with van der Waals surface area (Å²) >= 11 is 0. The van der Waals surface area contributed by atoms with Gasteiger partial charge in [-0.3, -0.25) is 0 Å². The zero-order valence-corrected chi connectivity index (χ0v) is 22.0. The van der Waals surface area contributed by atoms with E-state index < -0.39 is 0 Å². The highest BCUT2D eigenvalue weighted by Gasteiger charge is 2.33. The molecule has 182 valence electrons. The Morgan fingerprint density at radius 2 is 1.16 bits per heavy atom. The molecule has 2 aromatic rings. The summed E-state index contributed by atoms with van der Waals surface area (Å²) < 4.78 is 0. The Bertz CT molecular complexity index is 716. The maximum Gasteiger partial charge on any atom is 0.0218 e. The minimum atomic E-state index is -0.109. The van der Waals surface area contributed by atoms with Gasteiger partial charge in [0, 0.05) is 11.5 Å². The first-order valence-corrected chi connectivity index (χ1v) is 13.4. The molecule has 0 heterocycles. The van der Waals surface area contributed by atoms with Crippen LogP contribution in [0.1, 0.15) is 129 Å². The van der Waals surface area contributed by atoms with E-state index in [9.17, 15) is 0 Å². The Kier molecular flexibility index (Phi) is 15.0. The fraction of sp³-hybridized carbons (Fsp3) is 0.667. The number of unbranched alkanes of at least 4 members (excludes halogenated alkanes) is 11. The molecule has 0 amide bonds. The number of hydrogen-bond acceptors (Lipinski definition) is 1. The molecule has 2 heteroatoms. The third kappa shape index (κ3) is 9.06. The molecule has 2 aromatic carbocycles. The van der Waals surface area contributed by atoms with E-state index in [1.807, 2.05) is 0 Å². The number of benzene rings is 2. The van der Waals surface area contributed by atoms with Gasteiger partial charge in [0.15, 0.2) is 0 Å². The average molecular weight is 460 g/mol. The second-order valence-corrected chi connectivity index (χ2v) is 9.74. The van der Waals surface area contributed by atoms with E-state index in [-0.39, 0.29) is 17.9 Å². The van der Waals surface area contributed by atoms with Crippen LogP contribution in [0.5, 0.6) is 0 Å². The molecule has 2 rings (SSSR count). The molecule has 0 aliphatic carbocycles. The maximum atomic E-state index is 7.00. The summed E-state index contributed by atoms with van der Waals surface area (Å²) in [6.07, 6.45) is 20.1. The molecule has 0 saturated carbocycles. The largest absolute Gasteiger partial charge is 0.325 e. The second kappa shape index (κ2) is 16.5. The Labute approximate surface area is 205 Å². The normalized spacial score (nSPS) is 12.6. The fourth-order valence-electron chi connectivity index (χ4n) is 5.24. The Balaban J connectivity index is 0.00000512. The highest BCUT2D eigenvalue weighted by atomic mass is 35.5. The Morgan fingerprint density at radius 1 is 0.656 bits per heavy atom. The van der Waals surface area contributed by atoms with Crippen LogP contribution in [-0.4, -0.2) is 5.54 Å². The van der Waals surface area contributed by atoms with E-state index in [1.165, 1.54) is 99.8 Å². The number of nitrogens with two attached hydrogens (primary N) is 1. The van der Waals surface area contributed by atoms with Gasteiger partial charge in [-0.05, 0) is 35.6 Å². The van der Waals surface area contributed by atoms with E-state index in [2.05, 4.69) is 63.2 Å². The van der Waals surface area contributed by atoms with Gasteiger partial charge in [-0.1, -0.05) is 140 Å². The van der Waals surface area contributed by atoms with Gasteiger partial charge in [0.2, 0.25) is 0 Å². The molecule has 1 atom stereocenters. The number of rotatable bonds is 17. The van der Waals surface area contributed by atoms with E-state index in [4.69, 9.17) is 5.73 Å². The van der Waals surface area contributed by atoms with Gasteiger partial charge in [-0.15, -0.1) is 12.4 Å². The smallest absolute Gasteiger partial charge is 0.0218 e. The quantitative estimate of drug-likeness (QED) is 0.234. The van der Waals surface area contributed by atoms with Crippen molar-refractivity contribution < 1.29 is 0 Å². The molecule has 0 aliphatic rings. The summed E-state index contributed by atoms with van der Waals surface area (Å²) in [6.45, 7) is 6.83. The van der Waals surface area contributed by atoms with E-state index in [0.29, 0.717) is 5.92 Å². The maximum absolute atomic E-state index is 7.00. The lowest BCUT2D eigenvalue weighted by Gasteiger charge is -2.37. The van der Waals surface area contributed by atoms with Crippen molar-refractivity contribution in [3.63, 3.8) is 0 Å². The topological polar surface area (TPSA) is 26.0 Å². The van der Waals surface area contributed by atoms with Gasteiger partial charge >= 0.3 is 0 Å². The molecular weight excluding hydrogens is 410 g/mol. The predicted octanol–water partition coefficient (Wildman–Crippen LogP) is 9.95. The van der Waals surface area contributed by atoms with Gasteiger partial charge in [0.25, 0.3) is 0 Å². The highest BCUT2D eigenvalue weighted by molar-refractivity contribution is 5.86. The second-order valence-electron chi connectivity index (χ2n) is 9.74. The summed E-state index contributed by atoms with van der Waals surface area (Å²) in [5, 5.41) is 2.74. The van der Waals surface area contributed by atoms with Crippen molar-refractivity contribution >= 4 is 23.2 Å². The lowest BCUT2D eigenvalue weighted by molar-refractivity contribution is 0.301. The van der Waals surface area contributed by atoms with Crippen LogP contribution in [0.4, 0.5) is 0 Å². The summed E-state index contributed by atoms with van der Waals surface area (Å²) in [6, 6.07) is 15.6. The molecule has 0 aliphatic heterocycles. The van der Waals surface area contributed by atoms with Crippen molar-refractivity contribution in [2.45, 2.75) is 129 Å². The van der Waals surface area contributed by atoms with Crippen LogP contribution in [0.15, 0.2) is 42.5 Å². The SMILES string of the molecule is CCCCCCCCCCCCCCC(c1cccc2ccccc12)C(N)(CC)CC.Cl. The summed E-state index contributed by atoms with van der Waals surface area (Å²) in [5.41, 5.74) is 8.36. The number of fused-ring (bicyclic) bond motifs is 1. The van der Waals surface area contributed by atoms with Crippen molar-refractivity contribution in [3.05, 3.63) is 48.0 Å². The molecule has 32 heavy (non-hydrogen) atoms. The molecule has 1 unspecified atom stereocenters. The van der Waals surface area contributed by atoms with E-state index in [0.717, 1.165) is 12.8 Å². The minimum Gasteiger partial charge on any atom is -0.325 e. The van der Waals surface area contributed by atoms with Gasteiger partial charge < -0.3 is 5.73 Å². The molecule has 0 saturated heterocycles. The zero-order valence-electron chi connectivity index (χ0n) is 21.2. The first-order valence-electron chi connectivity index (χ1n) is 13.4. The van der Waals surface area contributed by atoms with Gasteiger partial charge in [0.05, 0.1) is 0 Å². The van der Waals surface area contributed by atoms with Gasteiger partial charge in [0.1, 0.15) is 0 Å². The first-order chi connectivity index (χ1) is 15.2. The van der Waals surface area contributed by atoms with Crippen molar-refractivity contribution in [1.29, 1.82) is 0 Å². The average Bonchev–Trinajstić information content (AvgIpc) is 2.81. The molecule has 1 nitrogen and oxygen atoms in total. The third-order valence-electron chi connectivity index (χ3n) is 7.56. The van der Waals surface area contributed by atoms with Gasteiger partial charge in [-0.25, -0.2) is 0 Å². The highest BCUT2D eigenvalue weighted by Crippen LogP contribution is 2.39. The third-order valence-corrected chi connectivity index (χ3v) is 7.56. The molecular formula is C30H50ClN. The molecule has 0 fully saturated rings. The van der Waals surface area contributed by atoms with Crippen molar-refractivity contribution in [3.8, 4) is 0 Å². The summed E-state index contributed by atoms with van der Waals surface area (Å²) in [5.74, 6) is 0.441. The van der Waals surface area contributed by atoms with Crippen LogP contribution in [0.2, 0.25) is 0 Å². The fourth-order valence-corrected chi connectivity index (χ4v) is 5.24. The van der Waals surface area contributed by atoms with Crippen molar-refractivity contribution in [1.82, 2.24) is 0 Å². The standard InChI is InChI=1S/C30H49N.ClH/c1-4-7-8-9-10-11-12-13-14-15-16-17-25-29(30(31,5-2)6-3)28-24-20-22-26-21-18-19-23-27(26)28;/h18-24,29H,4-17,25,31H2,1-3H3;1H. The number of halogens is 1. The minimum absolute atomic E-state index is 0. The predicted molar refractivity (Wildman–Crippen MR) is 147 cm³/mol. The Hall–Kier alpha value is -1.05. The first kappa shape index (κ1) is 29.0. The Morgan fingerprint density at radius 3 is 1.72 bits per heavy atom. The van der Waals surface area contributed by atoms with Crippen LogP contribution >= 0.6 is 12.4 Å². The molecule has 0 spiro atoms.